The van der Waals surface area contributed by atoms with Gasteiger partial charge in [-0.1, -0.05) is 6.07 Å². The Labute approximate surface area is 172 Å². The predicted molar refractivity (Wildman–Crippen MR) is 116 cm³/mol. The molecule has 0 aliphatic carbocycles. The maximum absolute atomic E-state index is 12.2. The number of aryl methyl sites for hydroxylation is 1. The average molecular weight is 413 g/mol. The van der Waals surface area contributed by atoms with Crippen LogP contribution in [0.1, 0.15) is 34.6 Å². The molecule has 0 bridgehead atoms. The molecule has 0 fully saturated rings. The summed E-state index contributed by atoms with van der Waals surface area (Å²) in [6, 6.07) is 6.65. The number of nitrogens with zero attached hydrogens (tertiary/aromatic N) is 1. The van der Waals surface area contributed by atoms with Crippen LogP contribution in [0, 0.1) is 6.92 Å². The van der Waals surface area contributed by atoms with Crippen molar-refractivity contribution in [1.82, 2.24) is 4.90 Å². The quantitative estimate of drug-likeness (QED) is 0.424. The first-order chi connectivity index (χ1) is 13.5. The zero-order valence-corrected chi connectivity index (χ0v) is 17.7. The highest BCUT2D eigenvalue weighted by atomic mass is 32.1. The van der Waals surface area contributed by atoms with Gasteiger partial charge in [0, 0.05) is 19.0 Å². The molecule has 0 aliphatic rings. The molecule has 0 radical (unpaired) electrons. The number of carbonyl (C=O) groups excluding carboxylic acids is 1. The van der Waals surface area contributed by atoms with Gasteiger partial charge >= 0.3 is 0 Å². The number of benzene rings is 1. The third-order valence-corrected chi connectivity index (χ3v) is 6.00. The number of para-hydroxylation sites is 1. The molecule has 0 saturated heterocycles. The second kappa shape index (κ2) is 7.36. The van der Waals surface area contributed by atoms with E-state index >= 15 is 0 Å². The molecule has 0 unspecified atom stereocenters. The van der Waals surface area contributed by atoms with Gasteiger partial charge in [-0.15, -0.1) is 11.3 Å². The minimum atomic E-state index is -0.672. The third kappa shape index (κ3) is 3.75. The molecule has 0 spiro atoms. The molecule has 2 aromatic carbocycles. The minimum Gasteiger partial charge on any atom is -0.505 e. The number of phenolic OH excluding ortho intramolecular Hbond substituents is 1. The Morgan fingerprint density at radius 1 is 1.14 bits per heavy atom. The minimum absolute atomic E-state index is 0.0705. The van der Waals surface area contributed by atoms with Crippen LogP contribution in [-0.2, 0) is 5.54 Å². The maximum atomic E-state index is 12.2. The van der Waals surface area contributed by atoms with Gasteiger partial charge in [0.15, 0.2) is 5.75 Å². The van der Waals surface area contributed by atoms with E-state index in [-0.39, 0.29) is 34.3 Å². The lowest BCUT2D eigenvalue weighted by Crippen LogP contribution is -2.41. The molecule has 1 aromatic heterocycles. The van der Waals surface area contributed by atoms with Crippen molar-refractivity contribution in [2.75, 3.05) is 24.7 Å². The second-order valence-corrected chi connectivity index (χ2v) is 8.58. The number of nitrogens with one attached hydrogen (secondary N) is 2. The average Bonchev–Trinajstić information content (AvgIpc) is 3.12. The van der Waals surface area contributed by atoms with Crippen molar-refractivity contribution < 1.29 is 9.90 Å². The highest BCUT2D eigenvalue weighted by Crippen LogP contribution is 2.35. The first-order valence-corrected chi connectivity index (χ1v) is 9.88. The van der Waals surface area contributed by atoms with Gasteiger partial charge in [0.2, 0.25) is 0 Å². The largest absolute Gasteiger partial charge is 0.505 e. The molecule has 1 amide bonds. The lowest BCUT2D eigenvalue weighted by Gasteiger charge is -2.28. The van der Waals surface area contributed by atoms with Crippen LogP contribution < -0.4 is 21.5 Å². The number of anilines is 3. The number of carbonyl (C=O) groups is 1. The third-order valence-electron chi connectivity index (χ3n) is 4.63. The van der Waals surface area contributed by atoms with Gasteiger partial charge < -0.3 is 20.6 Å². The van der Waals surface area contributed by atoms with Crippen LogP contribution in [0.25, 0.3) is 0 Å². The summed E-state index contributed by atoms with van der Waals surface area (Å²) < 4.78 is 0. The van der Waals surface area contributed by atoms with E-state index in [0.29, 0.717) is 0 Å². The monoisotopic (exact) mass is 413 g/mol. The SMILES string of the molecule is Cc1csc(C(C)(C)Nc2c(Nc3cccc(C(=O)N(C)C)c3O)c(=O)c2=O)c1. The fourth-order valence-electron chi connectivity index (χ4n) is 2.96. The topological polar surface area (TPSA) is 98.7 Å². The van der Waals surface area contributed by atoms with Gasteiger partial charge in [0.25, 0.3) is 16.8 Å². The van der Waals surface area contributed by atoms with Crippen molar-refractivity contribution >= 4 is 34.3 Å². The standard InChI is InChI=1S/C21H23N3O4S/c1-11-9-14(29-10-11)21(2,3)23-16-15(18(26)19(16)27)22-13-8-6-7-12(17(13)25)20(28)24(4)5/h6-10,22-23,25H,1-5H3. The Bertz CT molecular complexity index is 1150. The van der Waals surface area contributed by atoms with Crippen LogP contribution in [0.5, 0.6) is 5.75 Å². The zero-order valence-electron chi connectivity index (χ0n) is 16.9. The number of phenols is 1. The van der Waals surface area contributed by atoms with Crippen molar-refractivity contribution in [1.29, 1.82) is 0 Å². The van der Waals surface area contributed by atoms with Crippen LogP contribution in [0.2, 0.25) is 0 Å². The van der Waals surface area contributed by atoms with Crippen molar-refractivity contribution in [3.63, 3.8) is 0 Å². The molecular weight excluding hydrogens is 390 g/mol. The van der Waals surface area contributed by atoms with E-state index in [0.717, 1.165) is 10.4 Å². The Hall–Kier alpha value is -3.13. The lowest BCUT2D eigenvalue weighted by atomic mass is 10.0. The molecule has 152 valence electrons. The van der Waals surface area contributed by atoms with E-state index in [1.807, 2.05) is 32.2 Å². The number of hydrogen-bond donors (Lipinski definition) is 3. The summed E-state index contributed by atoms with van der Waals surface area (Å²) in [6.45, 7) is 5.84. The molecule has 3 N–H and O–H groups in total. The van der Waals surface area contributed by atoms with Crippen LogP contribution in [-0.4, -0.2) is 30.0 Å². The fraction of sp³-hybridized carbons (Fsp3) is 0.286. The van der Waals surface area contributed by atoms with Crippen LogP contribution in [0.4, 0.5) is 17.1 Å². The molecule has 1 heterocycles. The summed E-state index contributed by atoms with van der Waals surface area (Å²) in [7, 11) is 3.16. The number of aromatic hydroxyl groups is 1. The summed E-state index contributed by atoms with van der Waals surface area (Å²) >= 11 is 1.57. The highest BCUT2D eigenvalue weighted by molar-refractivity contribution is 7.10. The Morgan fingerprint density at radius 2 is 1.79 bits per heavy atom. The molecule has 0 saturated carbocycles. The molecule has 0 aliphatic heterocycles. The number of hydrogen-bond acceptors (Lipinski definition) is 7. The predicted octanol–water partition coefficient (Wildman–Crippen LogP) is 3.15. The first-order valence-electron chi connectivity index (χ1n) is 9.00. The first kappa shape index (κ1) is 20.6. The zero-order chi connectivity index (χ0) is 21.5. The van der Waals surface area contributed by atoms with E-state index < -0.39 is 16.4 Å². The smallest absolute Gasteiger partial charge is 0.257 e. The van der Waals surface area contributed by atoms with Crippen molar-refractivity contribution in [3.05, 3.63) is 66.1 Å². The molecule has 29 heavy (non-hydrogen) atoms. The molecular formula is C21H23N3O4S. The van der Waals surface area contributed by atoms with Gasteiger partial charge in [-0.2, -0.15) is 0 Å². The Kier molecular flexibility index (Phi) is 5.23. The van der Waals surface area contributed by atoms with Crippen molar-refractivity contribution in [2.45, 2.75) is 26.3 Å². The van der Waals surface area contributed by atoms with Gasteiger partial charge in [0.1, 0.15) is 11.4 Å². The summed E-state index contributed by atoms with van der Waals surface area (Å²) in [5, 5.41) is 18.5. The van der Waals surface area contributed by atoms with Gasteiger partial charge in [-0.25, -0.2) is 0 Å². The number of amides is 1. The molecule has 3 aromatic rings. The molecule has 0 atom stereocenters. The number of thiophene rings is 1. The summed E-state index contributed by atoms with van der Waals surface area (Å²) in [5.74, 6) is -0.651. The normalized spacial score (nSPS) is 11.5. The molecule has 3 rings (SSSR count). The molecule has 8 heteroatoms. The Morgan fingerprint density at radius 3 is 2.38 bits per heavy atom. The summed E-state index contributed by atoms with van der Waals surface area (Å²) in [5.41, 5.74) is -0.225. The molecule has 7 nitrogen and oxygen atoms in total. The highest BCUT2D eigenvalue weighted by Gasteiger charge is 2.30. The van der Waals surface area contributed by atoms with Crippen molar-refractivity contribution in [3.8, 4) is 5.75 Å². The van der Waals surface area contributed by atoms with Gasteiger partial charge in [-0.3, -0.25) is 14.4 Å². The van der Waals surface area contributed by atoms with E-state index in [1.165, 1.54) is 17.0 Å². The van der Waals surface area contributed by atoms with Crippen LogP contribution in [0.15, 0.2) is 39.2 Å². The van der Waals surface area contributed by atoms with Gasteiger partial charge in [-0.05, 0) is 49.9 Å². The van der Waals surface area contributed by atoms with Crippen molar-refractivity contribution in [2.24, 2.45) is 0 Å². The second-order valence-electron chi connectivity index (χ2n) is 7.67. The maximum Gasteiger partial charge on any atom is 0.257 e. The summed E-state index contributed by atoms with van der Waals surface area (Å²) in [4.78, 5) is 38.9. The fourth-order valence-corrected chi connectivity index (χ4v) is 3.94. The van der Waals surface area contributed by atoms with E-state index in [4.69, 9.17) is 0 Å². The summed E-state index contributed by atoms with van der Waals surface area (Å²) in [6.07, 6.45) is 0. The number of rotatable bonds is 6. The Balaban J connectivity index is 1.92. The van der Waals surface area contributed by atoms with Crippen LogP contribution in [0.3, 0.4) is 0 Å². The van der Waals surface area contributed by atoms with Crippen LogP contribution >= 0.6 is 11.3 Å². The lowest BCUT2D eigenvalue weighted by molar-refractivity contribution is 0.0824. The van der Waals surface area contributed by atoms with E-state index in [2.05, 4.69) is 10.6 Å². The van der Waals surface area contributed by atoms with E-state index in [1.54, 1.807) is 31.5 Å². The van der Waals surface area contributed by atoms with E-state index in [9.17, 15) is 19.5 Å². The van der Waals surface area contributed by atoms with Gasteiger partial charge in [0.05, 0.1) is 16.8 Å².